The number of methoxy groups -OCH3 is 1. The Bertz CT molecular complexity index is 3390. The third-order valence-corrected chi connectivity index (χ3v) is 21.0. The van der Waals surface area contributed by atoms with Gasteiger partial charge >= 0.3 is 11.9 Å². The van der Waals surface area contributed by atoms with Gasteiger partial charge in [0.15, 0.2) is 8.32 Å². The lowest BCUT2D eigenvalue weighted by molar-refractivity contribution is 0.0451. The van der Waals surface area contributed by atoms with E-state index in [4.69, 9.17) is 45.2 Å². The second-order valence-corrected chi connectivity index (χ2v) is 28.0. The summed E-state index contributed by atoms with van der Waals surface area (Å²) in [7, 11) is 5.41. The van der Waals surface area contributed by atoms with Crippen molar-refractivity contribution in [2.45, 2.75) is 95.9 Å². The van der Waals surface area contributed by atoms with Crippen LogP contribution in [0.4, 0.5) is 0 Å². The summed E-state index contributed by atoms with van der Waals surface area (Å²) >= 11 is 12.6. The first-order chi connectivity index (χ1) is 36.8. The van der Waals surface area contributed by atoms with E-state index in [0.717, 1.165) is 87.8 Å². The number of thioether (sulfide) groups is 1. The van der Waals surface area contributed by atoms with Crippen LogP contribution in [0.3, 0.4) is 0 Å². The number of hydrogen-bond acceptors (Lipinski definition) is 11. The molecule has 0 amide bonds. The van der Waals surface area contributed by atoms with Gasteiger partial charge in [0.1, 0.15) is 23.8 Å². The maximum Gasteiger partial charge on any atom is 0.355 e. The highest BCUT2D eigenvalue weighted by Gasteiger charge is 2.37. The number of hydrogen-bond donors (Lipinski definition) is 0. The van der Waals surface area contributed by atoms with Crippen molar-refractivity contribution >= 4 is 81.2 Å². The minimum Gasteiger partial charge on any atom is -0.497 e. The van der Waals surface area contributed by atoms with Crippen LogP contribution in [0.1, 0.15) is 88.9 Å². The molecule has 0 aliphatic rings. The summed E-state index contributed by atoms with van der Waals surface area (Å²) in [4.78, 5) is 30.7. The fourth-order valence-electron chi connectivity index (χ4n) is 9.28. The van der Waals surface area contributed by atoms with Crippen LogP contribution in [0.15, 0.2) is 112 Å². The molecule has 8 aromatic rings. The third kappa shape index (κ3) is 13.3. The van der Waals surface area contributed by atoms with Crippen LogP contribution in [-0.4, -0.2) is 82.8 Å². The summed E-state index contributed by atoms with van der Waals surface area (Å²) in [6, 6.07) is 33.9. The fourth-order valence-corrected chi connectivity index (χ4v) is 11.7. The number of ether oxygens (including phenoxy) is 4. The number of aromatic nitrogens is 5. The van der Waals surface area contributed by atoms with Gasteiger partial charge in [-0.05, 0) is 122 Å². The predicted octanol–water partition coefficient (Wildman–Crippen LogP) is 14.1. The van der Waals surface area contributed by atoms with Gasteiger partial charge in [-0.1, -0.05) is 90.8 Å². The van der Waals surface area contributed by atoms with Gasteiger partial charge in [-0.15, -0.1) is 11.8 Å². The molecule has 0 atom stereocenters. The molecule has 5 aromatic carbocycles. The Morgan fingerprint density at radius 2 is 1.57 bits per heavy atom. The van der Waals surface area contributed by atoms with Gasteiger partial charge in [-0.3, -0.25) is 14.3 Å². The lowest BCUT2D eigenvalue weighted by Gasteiger charge is -2.36. The second-order valence-electron chi connectivity index (χ2n) is 20.8. The average molecular weight is 1160 g/mol. The van der Waals surface area contributed by atoms with Crippen LogP contribution in [-0.2, 0) is 66.9 Å². The van der Waals surface area contributed by atoms with Crippen LogP contribution in [0, 0.1) is 6.92 Å². The Kier molecular flexibility index (Phi) is 18.5. The molecule has 0 unspecified atom stereocenters. The molecule has 0 radical (unpaired) electrons. The Hall–Kier alpha value is -5.88. The zero-order valence-electron chi connectivity index (χ0n) is 46.1. The van der Waals surface area contributed by atoms with Gasteiger partial charge in [-0.2, -0.15) is 10.2 Å². The van der Waals surface area contributed by atoms with E-state index in [1.54, 1.807) is 31.0 Å². The Balaban J connectivity index is 1.09. The number of halogens is 2. The van der Waals surface area contributed by atoms with Crippen LogP contribution in [0.25, 0.3) is 32.8 Å². The largest absolute Gasteiger partial charge is 0.497 e. The smallest absolute Gasteiger partial charge is 0.355 e. The fraction of sp³-hybridized carbons (Fsp3) is 0.367. The first-order valence-corrected chi connectivity index (χ1v) is 31.0. The standard InChI is InChI=1S/C60H70BrClN6O7SSi/c1-12-72-59(70)57-49(18-15-30-73-53-34-47(32-42-16-13-14-17-48(42)53)76-38-40-19-25-46(71-9)26-20-40)50-27-28-51(62)55(56(50)65(57)6)54-39(2)66(7)64-52(54)36-68(29-31-74-58(69)41-21-23-43(61)24-22-41)35-44-33-45(67(8)63-44)37-75-77(10,11)60(3,4)5/h13-14,16-17,19-28,32-34H,12,15,18,29-31,35-38H2,1-11H3. The number of fused-ring (bicyclic) bond motifs is 2. The van der Waals surface area contributed by atoms with E-state index in [1.807, 2.05) is 97.5 Å². The van der Waals surface area contributed by atoms with Gasteiger partial charge in [0.2, 0.25) is 0 Å². The van der Waals surface area contributed by atoms with Crippen molar-refractivity contribution in [3.63, 3.8) is 0 Å². The highest BCUT2D eigenvalue weighted by Crippen LogP contribution is 2.43. The molecule has 77 heavy (non-hydrogen) atoms. The number of carbonyl (C=O) groups is 2. The quantitative estimate of drug-likeness (QED) is 0.0263. The molecule has 8 rings (SSSR count). The molecule has 3 aromatic heterocycles. The maximum atomic E-state index is 14.1. The van der Waals surface area contributed by atoms with Crippen molar-refractivity contribution in [1.82, 2.24) is 29.0 Å². The number of benzene rings is 5. The zero-order chi connectivity index (χ0) is 55.2. The van der Waals surface area contributed by atoms with Crippen molar-refractivity contribution in [3.8, 4) is 22.6 Å². The van der Waals surface area contributed by atoms with Crippen molar-refractivity contribution in [1.29, 1.82) is 0 Å². The molecule has 0 spiro atoms. The van der Waals surface area contributed by atoms with E-state index in [1.165, 1.54) is 5.56 Å². The molecular weight excluding hydrogens is 1090 g/mol. The molecule has 0 aliphatic carbocycles. The molecule has 17 heteroatoms. The lowest BCUT2D eigenvalue weighted by atomic mass is 9.97. The van der Waals surface area contributed by atoms with E-state index in [0.29, 0.717) is 62.0 Å². The Morgan fingerprint density at radius 3 is 2.29 bits per heavy atom. The summed E-state index contributed by atoms with van der Waals surface area (Å²) in [6.45, 7) is 17.4. The summed E-state index contributed by atoms with van der Waals surface area (Å²) in [5.74, 6) is 1.63. The van der Waals surface area contributed by atoms with E-state index >= 15 is 0 Å². The number of rotatable bonds is 23. The SMILES string of the molecule is CCOC(=O)c1c(CCCOc2cc(SCc3ccc(OC)cc3)cc3ccccc23)c2ccc(Cl)c(-c3c(CN(CCOC(=O)c4ccc(Br)cc4)Cc4cc(CO[Si](C)(C)C(C)(C)C)n(C)n4)nn(C)c3C)c2n1C. The zero-order valence-corrected chi connectivity index (χ0v) is 50.2. The van der Waals surface area contributed by atoms with Crippen LogP contribution < -0.4 is 9.47 Å². The van der Waals surface area contributed by atoms with E-state index in [9.17, 15) is 9.59 Å². The van der Waals surface area contributed by atoms with E-state index in [-0.39, 0.29) is 18.3 Å². The first kappa shape index (κ1) is 57.3. The number of carbonyl (C=O) groups excluding carboxylic acids is 2. The summed E-state index contributed by atoms with van der Waals surface area (Å²) in [6.07, 6.45) is 1.16. The van der Waals surface area contributed by atoms with Gasteiger partial charge in [0.25, 0.3) is 0 Å². The van der Waals surface area contributed by atoms with Gasteiger partial charge in [0.05, 0.1) is 60.1 Å². The molecule has 0 N–H and O–H groups in total. The van der Waals surface area contributed by atoms with Crippen LogP contribution in [0.5, 0.6) is 11.5 Å². The highest BCUT2D eigenvalue weighted by molar-refractivity contribution is 9.10. The predicted molar refractivity (Wildman–Crippen MR) is 315 cm³/mol. The molecule has 406 valence electrons. The summed E-state index contributed by atoms with van der Waals surface area (Å²) in [5, 5.41) is 13.7. The van der Waals surface area contributed by atoms with Gasteiger partial charge in [-0.25, -0.2) is 9.59 Å². The second kappa shape index (κ2) is 24.8. The minimum absolute atomic E-state index is 0.0599. The van der Waals surface area contributed by atoms with Crippen molar-refractivity contribution in [2.24, 2.45) is 21.1 Å². The molecule has 0 saturated carbocycles. The van der Waals surface area contributed by atoms with Crippen LogP contribution in [0.2, 0.25) is 23.2 Å². The molecule has 13 nitrogen and oxygen atoms in total. The monoisotopic (exact) mass is 1160 g/mol. The Morgan fingerprint density at radius 1 is 0.831 bits per heavy atom. The van der Waals surface area contributed by atoms with Gasteiger partial charge in [0, 0.05) is 83.5 Å². The molecule has 0 bridgehead atoms. The molecule has 0 aliphatic heterocycles. The van der Waals surface area contributed by atoms with E-state index in [2.05, 4.69) is 97.2 Å². The third-order valence-electron chi connectivity index (χ3n) is 14.6. The van der Waals surface area contributed by atoms with Crippen molar-refractivity contribution in [3.05, 3.63) is 158 Å². The molecule has 3 heterocycles. The van der Waals surface area contributed by atoms with Gasteiger partial charge < -0.3 is 27.9 Å². The topological polar surface area (TPSA) is 124 Å². The number of esters is 2. The van der Waals surface area contributed by atoms with Crippen LogP contribution >= 0.6 is 39.3 Å². The maximum absolute atomic E-state index is 14.1. The molecule has 0 saturated heterocycles. The molecule has 0 fully saturated rings. The summed E-state index contributed by atoms with van der Waals surface area (Å²) in [5.41, 5.74) is 8.88. The average Bonchev–Trinajstić information content (AvgIpc) is 4.01. The Labute approximate surface area is 471 Å². The highest BCUT2D eigenvalue weighted by atomic mass is 79.9. The minimum atomic E-state index is -2.03. The number of aryl methyl sites for hydroxylation is 4. The summed E-state index contributed by atoms with van der Waals surface area (Å²) < 4.78 is 36.8. The number of nitrogens with zero attached hydrogens (tertiary/aromatic N) is 6. The normalized spacial score (nSPS) is 12.0. The lowest BCUT2D eigenvalue weighted by Crippen LogP contribution is -2.40. The molecular formula is C60H70BrClN6O7SSi. The van der Waals surface area contributed by atoms with Crippen molar-refractivity contribution < 1.29 is 33.0 Å². The van der Waals surface area contributed by atoms with E-state index < -0.39 is 20.3 Å². The van der Waals surface area contributed by atoms with Crippen molar-refractivity contribution in [2.75, 3.05) is 33.5 Å². The first-order valence-electron chi connectivity index (χ1n) is 26.0.